The molecule has 4 aliphatic carbocycles. The minimum absolute atomic E-state index is 0.517. The molecular weight excluding hydrogens is 452 g/mol. The third-order valence-electron chi connectivity index (χ3n) is 10.4. The van der Waals surface area contributed by atoms with Crippen LogP contribution in [0.15, 0.2) is 65.9 Å². The summed E-state index contributed by atoms with van der Waals surface area (Å²) in [6.07, 6.45) is 13.2. The summed E-state index contributed by atoms with van der Waals surface area (Å²) in [5, 5.41) is 3.75. The van der Waals surface area contributed by atoms with E-state index in [0.29, 0.717) is 23.8 Å². The van der Waals surface area contributed by atoms with Crippen LogP contribution in [0.2, 0.25) is 0 Å². The van der Waals surface area contributed by atoms with E-state index in [4.69, 9.17) is 9.98 Å². The van der Waals surface area contributed by atoms with Gasteiger partial charge in [0.2, 0.25) is 0 Å². The third-order valence-corrected chi connectivity index (χ3v) is 10.4. The lowest BCUT2D eigenvalue weighted by Crippen LogP contribution is -2.33. The van der Waals surface area contributed by atoms with Crippen LogP contribution in [-0.4, -0.2) is 27.8 Å². The molecule has 1 aromatic heterocycles. The molecule has 0 radical (unpaired) electrons. The normalized spacial score (nSPS) is 36.6. The average Bonchev–Trinajstić information content (AvgIpc) is 3.82. The van der Waals surface area contributed by atoms with Crippen molar-refractivity contribution >= 4 is 11.3 Å². The highest BCUT2D eigenvalue weighted by atomic mass is 15.1. The molecule has 1 saturated heterocycles. The first-order valence-electron chi connectivity index (χ1n) is 14.5. The Labute approximate surface area is 218 Å². The van der Waals surface area contributed by atoms with E-state index in [1.54, 1.807) is 0 Å². The molecule has 37 heavy (non-hydrogen) atoms. The molecular formula is C33H34N4. The second kappa shape index (κ2) is 7.77. The molecule has 1 unspecified atom stereocenters. The smallest absolute Gasteiger partial charge is 0.109 e. The van der Waals surface area contributed by atoms with Crippen LogP contribution in [0.1, 0.15) is 85.2 Å². The molecule has 5 fully saturated rings. The molecule has 4 saturated carbocycles. The van der Waals surface area contributed by atoms with Crippen molar-refractivity contribution in [2.45, 2.75) is 74.8 Å². The minimum Gasteiger partial charge on any atom is -0.342 e. The predicted octanol–water partition coefficient (Wildman–Crippen LogP) is 6.80. The van der Waals surface area contributed by atoms with Gasteiger partial charge in [-0.3, -0.25) is 4.99 Å². The first-order chi connectivity index (χ1) is 18.2. The Morgan fingerprint density at radius 1 is 0.703 bits per heavy atom. The fourth-order valence-electron chi connectivity index (χ4n) is 7.83. The third kappa shape index (κ3) is 3.67. The molecule has 0 bridgehead atoms. The predicted molar refractivity (Wildman–Crippen MR) is 148 cm³/mol. The van der Waals surface area contributed by atoms with Gasteiger partial charge in [-0.1, -0.05) is 48.5 Å². The number of rotatable bonds is 6. The van der Waals surface area contributed by atoms with Crippen LogP contribution in [0.3, 0.4) is 0 Å². The number of nitrogens with zero attached hydrogens (tertiary/aromatic N) is 2. The van der Waals surface area contributed by atoms with E-state index in [-0.39, 0.29) is 0 Å². The van der Waals surface area contributed by atoms with Crippen LogP contribution in [0.4, 0.5) is 0 Å². The summed E-state index contributed by atoms with van der Waals surface area (Å²) in [5.41, 5.74) is 9.41. The van der Waals surface area contributed by atoms with Gasteiger partial charge in [-0.25, -0.2) is 4.98 Å². The molecule has 8 atom stereocenters. The molecule has 2 aliphatic heterocycles. The first kappa shape index (κ1) is 21.0. The van der Waals surface area contributed by atoms with E-state index >= 15 is 0 Å². The van der Waals surface area contributed by atoms with Gasteiger partial charge in [0.1, 0.15) is 5.82 Å². The van der Waals surface area contributed by atoms with Crippen LogP contribution in [0.5, 0.6) is 0 Å². The number of fused-ring (bicyclic) bond motifs is 2. The second-order valence-electron chi connectivity index (χ2n) is 12.8. The summed E-state index contributed by atoms with van der Waals surface area (Å²) in [4.78, 5) is 13.2. The second-order valence-corrected chi connectivity index (χ2v) is 12.8. The Kier molecular flexibility index (Phi) is 4.41. The zero-order valence-electron chi connectivity index (χ0n) is 21.2. The summed E-state index contributed by atoms with van der Waals surface area (Å²) in [7, 11) is 0. The lowest BCUT2D eigenvalue weighted by molar-refractivity contribution is 0.596. The van der Waals surface area contributed by atoms with Gasteiger partial charge in [0.25, 0.3) is 0 Å². The van der Waals surface area contributed by atoms with Crippen molar-refractivity contribution < 1.29 is 0 Å². The number of piperidine rings is 1. The Morgan fingerprint density at radius 3 is 2.14 bits per heavy atom. The van der Waals surface area contributed by atoms with Crippen LogP contribution < -0.4 is 5.32 Å². The van der Waals surface area contributed by atoms with Gasteiger partial charge in [0.15, 0.2) is 0 Å². The lowest BCUT2D eigenvalue weighted by atomic mass is 9.96. The van der Waals surface area contributed by atoms with Crippen molar-refractivity contribution in [1.82, 2.24) is 15.3 Å². The van der Waals surface area contributed by atoms with E-state index < -0.39 is 0 Å². The van der Waals surface area contributed by atoms with E-state index in [9.17, 15) is 0 Å². The van der Waals surface area contributed by atoms with E-state index in [1.165, 1.54) is 83.6 Å². The van der Waals surface area contributed by atoms with Crippen molar-refractivity contribution in [2.75, 3.05) is 0 Å². The molecule has 186 valence electrons. The number of imidazole rings is 1. The first-order valence-corrected chi connectivity index (χ1v) is 14.5. The molecule has 3 heterocycles. The van der Waals surface area contributed by atoms with Gasteiger partial charge in [0, 0.05) is 36.3 Å². The van der Waals surface area contributed by atoms with Gasteiger partial charge < -0.3 is 10.3 Å². The topological polar surface area (TPSA) is 53.1 Å². The molecule has 2 N–H and O–H groups in total. The highest BCUT2D eigenvalue weighted by Gasteiger charge is 2.48. The molecule has 6 aliphatic rings. The zero-order chi connectivity index (χ0) is 24.1. The van der Waals surface area contributed by atoms with Crippen LogP contribution in [0, 0.1) is 17.8 Å². The van der Waals surface area contributed by atoms with E-state index in [2.05, 4.69) is 65.0 Å². The number of aliphatic imine (C=N–C) groups is 1. The van der Waals surface area contributed by atoms with Crippen molar-refractivity contribution in [1.29, 1.82) is 0 Å². The van der Waals surface area contributed by atoms with Gasteiger partial charge in [-0.2, -0.15) is 0 Å². The Morgan fingerprint density at radius 2 is 1.43 bits per heavy atom. The molecule has 0 amide bonds. The monoisotopic (exact) mass is 486 g/mol. The molecule has 2 aromatic carbocycles. The number of nitrogens with one attached hydrogen (secondary N) is 2. The highest BCUT2D eigenvalue weighted by Crippen LogP contribution is 2.57. The number of hydrogen-bond donors (Lipinski definition) is 2. The number of aromatic nitrogens is 2. The van der Waals surface area contributed by atoms with Crippen molar-refractivity contribution in [3.63, 3.8) is 0 Å². The van der Waals surface area contributed by atoms with Gasteiger partial charge in [-0.05, 0) is 95.9 Å². The maximum Gasteiger partial charge on any atom is 0.109 e. The van der Waals surface area contributed by atoms with Crippen LogP contribution in [0.25, 0.3) is 16.8 Å². The van der Waals surface area contributed by atoms with Crippen LogP contribution in [-0.2, 0) is 0 Å². The van der Waals surface area contributed by atoms with Crippen molar-refractivity contribution in [3.05, 3.63) is 83.4 Å². The van der Waals surface area contributed by atoms with Crippen LogP contribution >= 0.6 is 0 Å². The molecule has 4 nitrogen and oxygen atoms in total. The maximum atomic E-state index is 4.79. The number of aromatic amines is 1. The zero-order valence-corrected chi connectivity index (χ0v) is 21.2. The minimum atomic E-state index is 0.517. The van der Waals surface area contributed by atoms with Crippen molar-refractivity contribution in [3.8, 4) is 11.3 Å². The van der Waals surface area contributed by atoms with Gasteiger partial charge >= 0.3 is 0 Å². The Balaban J connectivity index is 0.833. The summed E-state index contributed by atoms with van der Waals surface area (Å²) in [6.45, 7) is 0. The average molecular weight is 487 g/mol. The van der Waals surface area contributed by atoms with E-state index in [1.807, 2.05) is 6.20 Å². The fraction of sp³-hybridized carbons (Fsp3) is 0.455. The highest BCUT2D eigenvalue weighted by molar-refractivity contribution is 6.01. The quantitative estimate of drug-likeness (QED) is 0.403. The SMILES string of the molecule is C1=C(c2ccc([C@@H]3C[C@@H]3c3ccc(-c4cnc(C5C[C@@H]6C[C@@H]6C5)[nH]4)cc3)cc2)CC([C@@H]2C[C@H]3C[C@H]3N2)=N1. The molecule has 4 heteroatoms. The Hall–Kier alpha value is -2.98. The van der Waals surface area contributed by atoms with Gasteiger partial charge in [-0.15, -0.1) is 0 Å². The van der Waals surface area contributed by atoms with Gasteiger partial charge in [0.05, 0.1) is 11.9 Å². The molecule has 0 spiro atoms. The fourth-order valence-corrected chi connectivity index (χ4v) is 7.83. The summed E-state index contributed by atoms with van der Waals surface area (Å²) in [6, 6.07) is 19.9. The summed E-state index contributed by atoms with van der Waals surface area (Å²) >= 11 is 0. The molecule has 9 rings (SSSR count). The van der Waals surface area contributed by atoms with E-state index in [0.717, 1.165) is 30.2 Å². The number of benzene rings is 2. The lowest BCUT2D eigenvalue weighted by Gasteiger charge is -2.14. The number of hydrogen-bond acceptors (Lipinski definition) is 3. The maximum absolute atomic E-state index is 4.79. The largest absolute Gasteiger partial charge is 0.342 e. The Bertz CT molecular complexity index is 1410. The summed E-state index contributed by atoms with van der Waals surface area (Å²) < 4.78 is 0. The number of allylic oxidation sites excluding steroid dienone is 1. The standard InChI is InChI=1S/C33H34N4/c1-3-19(4-2-18(1)26-14-30(34-16-26)31-13-24-12-29(24)36-31)27-15-28(27)20-5-7-21(8-6-20)32-17-35-33(37-32)25-10-22-9-23(22)11-25/h1-8,16-17,22-25,27-29,31,36H,9-15H2,(H,35,37)/t22-,23+,24-,25?,27+,28-,29-,31+/m1/s1. The van der Waals surface area contributed by atoms with Crippen molar-refractivity contribution in [2.24, 2.45) is 22.7 Å². The summed E-state index contributed by atoms with van der Waals surface area (Å²) in [5.74, 6) is 6.06. The molecule has 3 aromatic rings. The number of H-pyrrole nitrogens is 1.